The zero-order valence-corrected chi connectivity index (χ0v) is 13.3. The molecule has 0 radical (unpaired) electrons. The number of ether oxygens (including phenoxy) is 1. The Hall–Kier alpha value is -1.89. The van der Waals surface area contributed by atoms with E-state index in [2.05, 4.69) is 5.10 Å². The SMILES string of the molecule is Cc1c(CCC(=O)N2C[C@@H]3OCC(=O)N(C)[C@H]3C2)cnn1C. The zero-order valence-electron chi connectivity index (χ0n) is 13.3. The second kappa shape index (κ2) is 5.72. The highest BCUT2D eigenvalue weighted by molar-refractivity contribution is 5.80. The van der Waals surface area contributed by atoms with E-state index in [9.17, 15) is 9.59 Å². The lowest BCUT2D eigenvalue weighted by molar-refractivity contribution is -0.150. The van der Waals surface area contributed by atoms with Gasteiger partial charge in [-0.05, 0) is 18.9 Å². The number of hydrogen-bond donors (Lipinski definition) is 0. The minimum absolute atomic E-state index is 0.00896. The van der Waals surface area contributed by atoms with Gasteiger partial charge in [0.15, 0.2) is 0 Å². The summed E-state index contributed by atoms with van der Waals surface area (Å²) in [5.74, 6) is 0.101. The number of amides is 2. The Bertz CT molecular complexity index is 598. The van der Waals surface area contributed by atoms with E-state index in [1.165, 1.54) is 0 Å². The third-order valence-electron chi connectivity index (χ3n) is 4.85. The maximum absolute atomic E-state index is 12.4. The molecule has 7 heteroatoms. The molecule has 22 heavy (non-hydrogen) atoms. The molecule has 0 aromatic carbocycles. The molecular formula is C15H22N4O3. The van der Waals surface area contributed by atoms with Gasteiger partial charge in [0.05, 0.1) is 18.3 Å². The highest BCUT2D eigenvalue weighted by atomic mass is 16.5. The summed E-state index contributed by atoms with van der Waals surface area (Å²) in [6.45, 7) is 3.27. The fraction of sp³-hybridized carbons (Fsp3) is 0.667. The first kappa shape index (κ1) is 15.0. The predicted molar refractivity (Wildman–Crippen MR) is 79.1 cm³/mol. The van der Waals surface area contributed by atoms with Crippen molar-refractivity contribution in [1.29, 1.82) is 0 Å². The van der Waals surface area contributed by atoms with Crippen LogP contribution in [0.15, 0.2) is 6.20 Å². The molecule has 2 aliphatic heterocycles. The van der Waals surface area contributed by atoms with Gasteiger partial charge in [-0.25, -0.2) is 0 Å². The summed E-state index contributed by atoms with van der Waals surface area (Å²) < 4.78 is 7.37. The van der Waals surface area contributed by atoms with E-state index in [0.717, 1.165) is 11.3 Å². The molecule has 2 atom stereocenters. The van der Waals surface area contributed by atoms with Gasteiger partial charge in [0, 0.05) is 39.3 Å². The molecule has 7 nitrogen and oxygen atoms in total. The van der Waals surface area contributed by atoms with E-state index in [0.29, 0.717) is 25.9 Å². The number of hydrogen-bond acceptors (Lipinski definition) is 4. The van der Waals surface area contributed by atoms with Crippen molar-refractivity contribution in [3.8, 4) is 0 Å². The quantitative estimate of drug-likeness (QED) is 0.771. The standard InChI is InChI=1S/C15H22N4O3/c1-10-11(6-16-18(10)3)4-5-14(20)19-7-12-13(8-19)22-9-15(21)17(12)2/h6,12-13H,4-5,7-9H2,1-3H3/t12-,13-/m0/s1. The molecule has 1 aromatic rings. The smallest absolute Gasteiger partial charge is 0.248 e. The van der Waals surface area contributed by atoms with E-state index in [-0.39, 0.29) is 30.6 Å². The van der Waals surface area contributed by atoms with Gasteiger partial charge in [-0.15, -0.1) is 0 Å². The van der Waals surface area contributed by atoms with Crippen LogP contribution in [0, 0.1) is 6.92 Å². The zero-order chi connectivity index (χ0) is 15.9. The number of rotatable bonds is 3. The summed E-state index contributed by atoms with van der Waals surface area (Å²) in [5, 5.41) is 4.20. The molecule has 2 fully saturated rings. The van der Waals surface area contributed by atoms with Gasteiger partial charge < -0.3 is 14.5 Å². The van der Waals surface area contributed by atoms with Crippen LogP contribution in [0.5, 0.6) is 0 Å². The first-order chi connectivity index (χ1) is 10.5. The second-order valence-electron chi connectivity index (χ2n) is 6.10. The number of likely N-dealkylation sites (N-methyl/N-ethyl adjacent to an activating group) is 1. The largest absolute Gasteiger partial charge is 0.364 e. The molecule has 120 valence electrons. The van der Waals surface area contributed by atoms with Crippen LogP contribution in [0.1, 0.15) is 17.7 Å². The van der Waals surface area contributed by atoms with Crippen LogP contribution in [0.3, 0.4) is 0 Å². The van der Waals surface area contributed by atoms with E-state index in [1.54, 1.807) is 11.9 Å². The summed E-state index contributed by atoms with van der Waals surface area (Å²) in [4.78, 5) is 27.6. The fourth-order valence-electron chi connectivity index (χ4n) is 3.15. The van der Waals surface area contributed by atoms with Crippen LogP contribution in [0.2, 0.25) is 0 Å². The topological polar surface area (TPSA) is 67.7 Å². The number of fused-ring (bicyclic) bond motifs is 1. The Morgan fingerprint density at radius 1 is 1.41 bits per heavy atom. The third kappa shape index (κ3) is 2.61. The lowest BCUT2D eigenvalue weighted by Crippen LogP contribution is -2.51. The molecule has 0 saturated carbocycles. The predicted octanol–water partition coefficient (Wildman–Crippen LogP) is -0.271. The molecule has 3 rings (SSSR count). The Morgan fingerprint density at radius 3 is 2.86 bits per heavy atom. The average molecular weight is 306 g/mol. The fourth-order valence-corrected chi connectivity index (χ4v) is 3.15. The summed E-state index contributed by atoms with van der Waals surface area (Å²) in [6.07, 6.45) is 2.93. The Morgan fingerprint density at radius 2 is 2.18 bits per heavy atom. The number of carbonyl (C=O) groups is 2. The molecular weight excluding hydrogens is 284 g/mol. The number of carbonyl (C=O) groups excluding carboxylic acids is 2. The van der Waals surface area contributed by atoms with Gasteiger partial charge in [-0.1, -0.05) is 0 Å². The normalized spacial score (nSPS) is 24.8. The van der Waals surface area contributed by atoms with Crippen LogP contribution in [-0.4, -0.2) is 70.3 Å². The van der Waals surface area contributed by atoms with Crippen LogP contribution in [0.25, 0.3) is 0 Å². The van der Waals surface area contributed by atoms with Gasteiger partial charge in [-0.3, -0.25) is 14.3 Å². The Labute approximate surface area is 129 Å². The van der Waals surface area contributed by atoms with Crippen molar-refractivity contribution >= 4 is 11.8 Å². The van der Waals surface area contributed by atoms with Crippen molar-refractivity contribution in [3.05, 3.63) is 17.5 Å². The monoisotopic (exact) mass is 306 g/mol. The maximum atomic E-state index is 12.4. The van der Waals surface area contributed by atoms with Gasteiger partial charge >= 0.3 is 0 Å². The molecule has 0 N–H and O–H groups in total. The summed E-state index contributed by atoms with van der Waals surface area (Å²) in [6, 6.07) is -0.00896. The molecule has 0 bridgehead atoms. The molecule has 1 aromatic heterocycles. The van der Waals surface area contributed by atoms with Gasteiger partial charge in [0.1, 0.15) is 6.61 Å². The van der Waals surface area contributed by atoms with E-state index >= 15 is 0 Å². The second-order valence-corrected chi connectivity index (χ2v) is 6.10. The molecule has 3 heterocycles. The maximum Gasteiger partial charge on any atom is 0.248 e. The summed E-state index contributed by atoms with van der Waals surface area (Å²) >= 11 is 0. The van der Waals surface area contributed by atoms with Crippen molar-refractivity contribution < 1.29 is 14.3 Å². The average Bonchev–Trinajstić information content (AvgIpc) is 3.07. The van der Waals surface area contributed by atoms with Gasteiger partial charge in [-0.2, -0.15) is 5.10 Å². The number of aromatic nitrogens is 2. The van der Waals surface area contributed by atoms with Crippen molar-refractivity contribution in [2.24, 2.45) is 7.05 Å². The van der Waals surface area contributed by atoms with Crippen molar-refractivity contribution in [1.82, 2.24) is 19.6 Å². The number of nitrogens with zero attached hydrogens (tertiary/aromatic N) is 4. The lowest BCUT2D eigenvalue weighted by atomic mass is 10.1. The minimum Gasteiger partial charge on any atom is -0.364 e. The minimum atomic E-state index is -0.0493. The van der Waals surface area contributed by atoms with Crippen LogP contribution < -0.4 is 0 Å². The Kier molecular flexibility index (Phi) is 3.90. The van der Waals surface area contributed by atoms with E-state index in [1.807, 2.05) is 29.7 Å². The van der Waals surface area contributed by atoms with Crippen molar-refractivity contribution in [2.45, 2.75) is 31.9 Å². The molecule has 2 aliphatic rings. The molecule has 0 spiro atoms. The first-order valence-corrected chi connectivity index (χ1v) is 7.60. The first-order valence-electron chi connectivity index (χ1n) is 7.60. The third-order valence-corrected chi connectivity index (χ3v) is 4.85. The van der Waals surface area contributed by atoms with Crippen LogP contribution in [-0.2, 0) is 27.8 Å². The Balaban J connectivity index is 1.58. The van der Waals surface area contributed by atoms with E-state index in [4.69, 9.17) is 4.74 Å². The van der Waals surface area contributed by atoms with Crippen molar-refractivity contribution in [2.75, 3.05) is 26.7 Å². The van der Waals surface area contributed by atoms with Gasteiger partial charge in [0.25, 0.3) is 0 Å². The molecule has 2 amide bonds. The number of morpholine rings is 1. The van der Waals surface area contributed by atoms with Crippen LogP contribution >= 0.6 is 0 Å². The van der Waals surface area contributed by atoms with Crippen molar-refractivity contribution in [3.63, 3.8) is 0 Å². The lowest BCUT2D eigenvalue weighted by Gasteiger charge is -2.33. The molecule has 2 saturated heterocycles. The highest BCUT2D eigenvalue weighted by Gasteiger charge is 2.42. The number of aryl methyl sites for hydroxylation is 2. The highest BCUT2D eigenvalue weighted by Crippen LogP contribution is 2.23. The number of likely N-dealkylation sites (tertiary alicyclic amines) is 1. The molecule has 0 aliphatic carbocycles. The summed E-state index contributed by atoms with van der Waals surface area (Å²) in [7, 11) is 3.69. The van der Waals surface area contributed by atoms with Gasteiger partial charge in [0.2, 0.25) is 11.8 Å². The van der Waals surface area contributed by atoms with E-state index < -0.39 is 0 Å². The summed E-state index contributed by atoms with van der Waals surface area (Å²) in [5.41, 5.74) is 2.20. The molecule has 0 unspecified atom stereocenters. The van der Waals surface area contributed by atoms with Crippen LogP contribution in [0.4, 0.5) is 0 Å².